The van der Waals surface area contributed by atoms with Crippen molar-refractivity contribution in [3.05, 3.63) is 53.8 Å². The topological polar surface area (TPSA) is 12.0 Å². The van der Waals surface area contributed by atoms with Crippen molar-refractivity contribution in [3.63, 3.8) is 0 Å². The summed E-state index contributed by atoms with van der Waals surface area (Å²) in [6, 6.07) is 8.36. The number of aryl methyl sites for hydroxylation is 1. The minimum Gasteiger partial charge on any atom is -0.356 e. The molecule has 0 bridgehead atoms. The fourth-order valence-electron chi connectivity index (χ4n) is 1.69. The Morgan fingerprint density at radius 1 is 1.27 bits per heavy atom. The first-order chi connectivity index (χ1) is 7.25. The van der Waals surface area contributed by atoms with Gasteiger partial charge in [0.2, 0.25) is 0 Å². The molecule has 1 atom stereocenters. The van der Waals surface area contributed by atoms with Gasteiger partial charge in [-0.2, -0.15) is 0 Å². The Hall–Kier alpha value is -1.50. The number of para-hydroxylation sites is 1. The van der Waals surface area contributed by atoms with Crippen molar-refractivity contribution in [2.75, 3.05) is 5.32 Å². The van der Waals surface area contributed by atoms with Crippen LogP contribution in [0, 0.1) is 12.8 Å². The molecule has 0 aliphatic heterocycles. The number of hydrogen-bond donors (Lipinski definition) is 1. The van der Waals surface area contributed by atoms with Crippen LogP contribution < -0.4 is 5.32 Å². The smallest absolute Gasteiger partial charge is 0.0413 e. The van der Waals surface area contributed by atoms with Crippen molar-refractivity contribution in [2.45, 2.75) is 20.3 Å². The zero-order valence-electron chi connectivity index (χ0n) is 9.33. The van der Waals surface area contributed by atoms with Gasteiger partial charge in [-0.25, -0.2) is 0 Å². The Morgan fingerprint density at radius 3 is 2.73 bits per heavy atom. The predicted molar refractivity (Wildman–Crippen MR) is 65.8 cm³/mol. The van der Waals surface area contributed by atoms with Gasteiger partial charge in [-0.3, -0.25) is 0 Å². The summed E-state index contributed by atoms with van der Waals surface area (Å²) in [6.45, 7) is 4.36. The molecule has 0 aromatic heterocycles. The maximum Gasteiger partial charge on any atom is 0.0413 e. The molecule has 1 aliphatic carbocycles. The van der Waals surface area contributed by atoms with Crippen molar-refractivity contribution < 1.29 is 0 Å². The average molecular weight is 199 g/mol. The van der Waals surface area contributed by atoms with Crippen molar-refractivity contribution in [3.8, 4) is 0 Å². The Kier molecular flexibility index (Phi) is 2.91. The van der Waals surface area contributed by atoms with Crippen LogP contribution in [-0.4, -0.2) is 0 Å². The van der Waals surface area contributed by atoms with Crippen molar-refractivity contribution in [1.82, 2.24) is 0 Å². The lowest BCUT2D eigenvalue weighted by atomic mass is 10.0. The van der Waals surface area contributed by atoms with Crippen LogP contribution in [0.5, 0.6) is 0 Å². The van der Waals surface area contributed by atoms with Gasteiger partial charge in [0.1, 0.15) is 0 Å². The molecule has 0 spiro atoms. The average Bonchev–Trinajstić information content (AvgIpc) is 2.25. The minimum absolute atomic E-state index is 0.674. The zero-order chi connectivity index (χ0) is 10.7. The zero-order valence-corrected chi connectivity index (χ0v) is 9.33. The van der Waals surface area contributed by atoms with Gasteiger partial charge < -0.3 is 5.32 Å². The molecule has 78 valence electrons. The monoisotopic (exact) mass is 199 g/mol. The Morgan fingerprint density at radius 2 is 2.07 bits per heavy atom. The van der Waals surface area contributed by atoms with Gasteiger partial charge in [0.15, 0.2) is 0 Å². The minimum atomic E-state index is 0.674. The highest BCUT2D eigenvalue weighted by Crippen LogP contribution is 2.20. The van der Waals surface area contributed by atoms with E-state index in [1.54, 1.807) is 0 Å². The number of anilines is 1. The molecule has 0 saturated heterocycles. The first-order valence-electron chi connectivity index (χ1n) is 5.47. The van der Waals surface area contributed by atoms with E-state index in [1.165, 1.54) is 16.9 Å². The van der Waals surface area contributed by atoms with Crippen LogP contribution >= 0.6 is 0 Å². The maximum absolute atomic E-state index is 3.44. The lowest BCUT2D eigenvalue weighted by molar-refractivity contribution is 0.731. The first kappa shape index (κ1) is 10.0. The number of allylic oxidation sites excluding steroid dienone is 3. The number of rotatable bonds is 2. The molecule has 1 N–H and O–H groups in total. The molecular formula is C14H17N. The van der Waals surface area contributed by atoms with Gasteiger partial charge in [0.05, 0.1) is 0 Å². The molecule has 0 radical (unpaired) electrons. The third-order valence-electron chi connectivity index (χ3n) is 2.74. The van der Waals surface area contributed by atoms with Gasteiger partial charge in [0, 0.05) is 11.4 Å². The first-order valence-corrected chi connectivity index (χ1v) is 5.47. The van der Waals surface area contributed by atoms with Crippen molar-refractivity contribution >= 4 is 5.69 Å². The lowest BCUT2D eigenvalue weighted by Gasteiger charge is -2.15. The van der Waals surface area contributed by atoms with Crippen molar-refractivity contribution in [2.24, 2.45) is 5.92 Å². The molecule has 1 unspecified atom stereocenters. The Bertz CT molecular complexity index is 402. The largest absolute Gasteiger partial charge is 0.356 e. The molecule has 0 fully saturated rings. The summed E-state index contributed by atoms with van der Waals surface area (Å²) in [5, 5.41) is 3.44. The second-order valence-electron chi connectivity index (χ2n) is 4.17. The van der Waals surface area contributed by atoms with E-state index in [4.69, 9.17) is 0 Å². The molecule has 0 saturated carbocycles. The van der Waals surface area contributed by atoms with Crippen molar-refractivity contribution in [1.29, 1.82) is 0 Å². The number of benzene rings is 1. The highest BCUT2D eigenvalue weighted by atomic mass is 14.9. The van der Waals surface area contributed by atoms with Crippen LogP contribution in [0.1, 0.15) is 18.9 Å². The summed E-state index contributed by atoms with van der Waals surface area (Å²) >= 11 is 0. The molecule has 1 nitrogen and oxygen atoms in total. The van der Waals surface area contributed by atoms with E-state index in [9.17, 15) is 0 Å². The highest BCUT2D eigenvalue weighted by molar-refractivity contribution is 5.56. The summed E-state index contributed by atoms with van der Waals surface area (Å²) in [5.74, 6) is 0.674. The molecular weight excluding hydrogens is 182 g/mol. The lowest BCUT2D eigenvalue weighted by Crippen LogP contribution is -2.03. The summed E-state index contributed by atoms with van der Waals surface area (Å²) in [4.78, 5) is 0. The van der Waals surface area contributed by atoms with Gasteiger partial charge in [-0.15, -0.1) is 0 Å². The van der Waals surface area contributed by atoms with Gasteiger partial charge in [-0.05, 0) is 37.0 Å². The quantitative estimate of drug-likeness (QED) is 0.762. The second kappa shape index (κ2) is 4.35. The maximum atomic E-state index is 3.44. The van der Waals surface area contributed by atoms with Gasteiger partial charge in [0.25, 0.3) is 0 Å². The Labute approximate surface area is 91.5 Å². The van der Waals surface area contributed by atoms with Gasteiger partial charge >= 0.3 is 0 Å². The van der Waals surface area contributed by atoms with E-state index in [2.05, 4.69) is 61.7 Å². The highest BCUT2D eigenvalue weighted by Gasteiger charge is 2.04. The predicted octanol–water partition coefficient (Wildman–Crippen LogP) is 3.89. The van der Waals surface area contributed by atoms with Crippen LogP contribution in [-0.2, 0) is 0 Å². The van der Waals surface area contributed by atoms with E-state index in [-0.39, 0.29) is 0 Å². The van der Waals surface area contributed by atoms with E-state index in [0.717, 1.165) is 6.42 Å². The van der Waals surface area contributed by atoms with Crippen LogP contribution in [0.25, 0.3) is 0 Å². The van der Waals surface area contributed by atoms with Crippen LogP contribution in [0.3, 0.4) is 0 Å². The fraction of sp³-hybridized carbons (Fsp3) is 0.286. The SMILES string of the molecule is Cc1ccccc1NC1=CCC(C)C=C1. The van der Waals surface area contributed by atoms with Crippen LogP contribution in [0.2, 0.25) is 0 Å². The normalized spacial score (nSPS) is 19.9. The third kappa shape index (κ3) is 2.50. The molecule has 1 aliphatic rings. The summed E-state index contributed by atoms with van der Waals surface area (Å²) in [7, 11) is 0. The van der Waals surface area contributed by atoms with Gasteiger partial charge in [-0.1, -0.05) is 37.3 Å². The number of nitrogens with one attached hydrogen (secondary N) is 1. The molecule has 1 aromatic carbocycles. The van der Waals surface area contributed by atoms with Crippen LogP contribution in [0.15, 0.2) is 48.2 Å². The fourth-order valence-corrected chi connectivity index (χ4v) is 1.69. The Balaban J connectivity index is 2.10. The molecule has 1 heteroatoms. The van der Waals surface area contributed by atoms with Crippen LogP contribution in [0.4, 0.5) is 5.69 Å². The molecule has 0 amide bonds. The molecule has 15 heavy (non-hydrogen) atoms. The summed E-state index contributed by atoms with van der Waals surface area (Å²) < 4.78 is 0. The number of hydrogen-bond acceptors (Lipinski definition) is 1. The second-order valence-corrected chi connectivity index (χ2v) is 4.17. The third-order valence-corrected chi connectivity index (χ3v) is 2.74. The van der Waals surface area contributed by atoms with E-state index in [1.807, 2.05) is 0 Å². The standard InChI is InChI=1S/C14H17N/c1-11-7-9-13(10-8-11)15-14-6-4-3-5-12(14)2/h3-7,9-11,15H,8H2,1-2H3. The molecule has 0 heterocycles. The van der Waals surface area contributed by atoms with E-state index < -0.39 is 0 Å². The molecule has 1 aromatic rings. The van der Waals surface area contributed by atoms with E-state index >= 15 is 0 Å². The molecule has 2 rings (SSSR count). The van der Waals surface area contributed by atoms with E-state index in [0.29, 0.717) is 5.92 Å². The summed E-state index contributed by atoms with van der Waals surface area (Å²) in [5.41, 5.74) is 3.69. The summed E-state index contributed by atoms with van der Waals surface area (Å²) in [6.07, 6.45) is 7.81.